The maximum Gasteiger partial charge on any atom is 0.220 e. The lowest BCUT2D eigenvalue weighted by molar-refractivity contribution is -0.120. The van der Waals surface area contributed by atoms with Crippen molar-refractivity contribution in [1.82, 2.24) is 25.1 Å². The van der Waals surface area contributed by atoms with E-state index >= 15 is 0 Å². The van der Waals surface area contributed by atoms with Crippen LogP contribution in [0.5, 0.6) is 0 Å². The topological polar surface area (TPSA) is 81.9 Å². The molecule has 2 rings (SSSR count). The highest BCUT2D eigenvalue weighted by Gasteiger charge is 2.13. The number of hydrogen-bond acceptors (Lipinski definition) is 5. The van der Waals surface area contributed by atoms with Gasteiger partial charge in [-0.05, 0) is 19.1 Å². The van der Waals surface area contributed by atoms with Crippen LogP contribution >= 0.6 is 0 Å². The van der Waals surface area contributed by atoms with Gasteiger partial charge in [-0.1, -0.05) is 6.07 Å². The summed E-state index contributed by atoms with van der Waals surface area (Å²) < 4.78 is 6.74. The molecule has 0 aliphatic heterocycles. The molecule has 7 nitrogen and oxygen atoms in total. The van der Waals surface area contributed by atoms with E-state index in [9.17, 15) is 4.79 Å². The van der Waals surface area contributed by atoms with E-state index in [0.717, 1.165) is 5.69 Å². The van der Waals surface area contributed by atoms with E-state index in [1.54, 1.807) is 18.8 Å². The molecule has 2 aromatic rings. The van der Waals surface area contributed by atoms with E-state index in [2.05, 4.69) is 20.4 Å². The number of amides is 1. The highest BCUT2D eigenvalue weighted by atomic mass is 16.5. The molecule has 2 aromatic heterocycles. The summed E-state index contributed by atoms with van der Waals surface area (Å²) in [7, 11) is 3.21. The second-order valence-corrected chi connectivity index (χ2v) is 4.60. The second kappa shape index (κ2) is 6.94. The van der Waals surface area contributed by atoms with E-state index in [4.69, 9.17) is 4.74 Å². The van der Waals surface area contributed by atoms with E-state index in [1.807, 2.05) is 25.1 Å². The molecular weight excluding hydrogens is 270 g/mol. The van der Waals surface area contributed by atoms with Gasteiger partial charge in [0.05, 0.1) is 0 Å². The van der Waals surface area contributed by atoms with Crippen LogP contribution in [-0.4, -0.2) is 39.8 Å². The number of ether oxygens (including phenoxy) is 1. The lowest BCUT2D eigenvalue weighted by Crippen LogP contribution is -2.19. The average Bonchev–Trinajstić information content (AvgIpc) is 2.88. The smallest absolute Gasteiger partial charge is 0.220 e. The molecule has 2 heterocycles. The summed E-state index contributed by atoms with van der Waals surface area (Å²) in [4.78, 5) is 20.3. The fraction of sp³-hybridized carbons (Fsp3) is 0.429. The van der Waals surface area contributed by atoms with Gasteiger partial charge in [0.15, 0.2) is 11.6 Å². The number of nitrogens with zero attached hydrogens (tertiary/aromatic N) is 4. The zero-order chi connectivity index (χ0) is 15.2. The van der Waals surface area contributed by atoms with Crippen molar-refractivity contribution in [3.05, 3.63) is 35.5 Å². The van der Waals surface area contributed by atoms with Crippen molar-refractivity contribution in [3.63, 3.8) is 0 Å². The summed E-state index contributed by atoms with van der Waals surface area (Å²) >= 11 is 0. The minimum absolute atomic E-state index is 0.0324. The van der Waals surface area contributed by atoms with Gasteiger partial charge in [-0.3, -0.25) is 4.79 Å². The molecule has 0 unspecified atom stereocenters. The van der Waals surface area contributed by atoms with Crippen LogP contribution in [0.1, 0.15) is 23.8 Å². The van der Waals surface area contributed by atoms with Crippen LogP contribution in [0, 0.1) is 6.92 Å². The van der Waals surface area contributed by atoms with E-state index in [-0.39, 0.29) is 5.91 Å². The maximum atomic E-state index is 11.4. The Morgan fingerprint density at radius 1 is 1.38 bits per heavy atom. The molecule has 7 heteroatoms. The Balaban J connectivity index is 2.31. The Bertz CT molecular complexity index is 624. The predicted octanol–water partition coefficient (Wildman–Crippen LogP) is 0.796. The first-order chi connectivity index (χ1) is 10.1. The van der Waals surface area contributed by atoms with Crippen LogP contribution in [0.15, 0.2) is 18.2 Å². The Morgan fingerprint density at radius 3 is 2.86 bits per heavy atom. The molecule has 21 heavy (non-hydrogen) atoms. The van der Waals surface area contributed by atoms with Crippen molar-refractivity contribution < 1.29 is 9.53 Å². The van der Waals surface area contributed by atoms with Gasteiger partial charge in [0.1, 0.15) is 12.4 Å². The third-order valence-electron chi connectivity index (χ3n) is 2.94. The highest BCUT2D eigenvalue weighted by Crippen LogP contribution is 2.11. The predicted molar refractivity (Wildman–Crippen MR) is 77.0 cm³/mol. The number of aromatic nitrogens is 4. The molecule has 0 aromatic carbocycles. The maximum absolute atomic E-state index is 11.4. The first-order valence-electron chi connectivity index (χ1n) is 6.72. The number of hydrogen-bond donors (Lipinski definition) is 1. The van der Waals surface area contributed by atoms with Gasteiger partial charge in [0, 0.05) is 32.7 Å². The zero-order valence-corrected chi connectivity index (χ0v) is 12.5. The quantitative estimate of drug-likeness (QED) is 0.850. The SMILES string of the molecule is CNC(=O)CCc1nc(COC)nn1-c1cccc(C)n1. The zero-order valence-electron chi connectivity index (χ0n) is 12.5. The van der Waals surface area contributed by atoms with Gasteiger partial charge in [0.25, 0.3) is 0 Å². The monoisotopic (exact) mass is 289 g/mol. The summed E-state index contributed by atoms with van der Waals surface area (Å²) in [5.41, 5.74) is 0.897. The first-order valence-corrected chi connectivity index (χ1v) is 6.72. The Hall–Kier alpha value is -2.28. The standard InChI is InChI=1S/C14H19N5O2/c1-10-5-4-6-12(16-10)19-13(7-8-14(20)15-2)17-11(18-19)9-21-3/h4-6H,7-9H2,1-3H3,(H,15,20). The van der Waals surface area contributed by atoms with Crippen LogP contribution in [-0.2, 0) is 22.6 Å². The third-order valence-corrected chi connectivity index (χ3v) is 2.94. The van der Waals surface area contributed by atoms with Gasteiger partial charge in [-0.25, -0.2) is 9.97 Å². The fourth-order valence-electron chi connectivity index (χ4n) is 1.92. The summed E-state index contributed by atoms with van der Waals surface area (Å²) in [6.07, 6.45) is 0.847. The van der Waals surface area contributed by atoms with Crippen molar-refractivity contribution in [2.75, 3.05) is 14.2 Å². The molecule has 0 aliphatic carbocycles. The van der Waals surface area contributed by atoms with E-state index < -0.39 is 0 Å². The average molecular weight is 289 g/mol. The minimum atomic E-state index is -0.0324. The third kappa shape index (κ3) is 3.85. The molecule has 0 spiro atoms. The molecule has 112 valence electrons. The lowest BCUT2D eigenvalue weighted by atomic mass is 10.3. The molecule has 0 atom stereocenters. The van der Waals surface area contributed by atoms with Crippen LogP contribution in [0.25, 0.3) is 5.82 Å². The summed E-state index contributed by atoms with van der Waals surface area (Å²) in [6.45, 7) is 2.24. The normalized spacial score (nSPS) is 10.6. The van der Waals surface area contributed by atoms with Crippen molar-refractivity contribution >= 4 is 5.91 Å². The van der Waals surface area contributed by atoms with E-state index in [0.29, 0.717) is 36.9 Å². The molecule has 0 saturated heterocycles. The number of pyridine rings is 1. The number of carbonyl (C=O) groups excluding carboxylic acids is 1. The number of nitrogens with one attached hydrogen (secondary N) is 1. The van der Waals surface area contributed by atoms with E-state index in [1.165, 1.54) is 0 Å². The number of aryl methyl sites for hydroxylation is 2. The summed E-state index contributed by atoms with van der Waals surface area (Å²) in [6, 6.07) is 5.69. The molecule has 1 amide bonds. The van der Waals surface area contributed by atoms with Gasteiger partial charge in [-0.15, -0.1) is 5.10 Å². The molecule has 0 aliphatic rings. The minimum Gasteiger partial charge on any atom is -0.377 e. The van der Waals surface area contributed by atoms with Gasteiger partial charge >= 0.3 is 0 Å². The van der Waals surface area contributed by atoms with Crippen LogP contribution < -0.4 is 5.32 Å². The van der Waals surface area contributed by atoms with Gasteiger partial charge in [0.2, 0.25) is 5.91 Å². The largest absolute Gasteiger partial charge is 0.377 e. The number of methoxy groups -OCH3 is 1. The van der Waals surface area contributed by atoms with Crippen molar-refractivity contribution in [2.45, 2.75) is 26.4 Å². The fourth-order valence-corrected chi connectivity index (χ4v) is 1.92. The lowest BCUT2D eigenvalue weighted by Gasteiger charge is -2.05. The molecule has 0 radical (unpaired) electrons. The van der Waals surface area contributed by atoms with Crippen molar-refractivity contribution in [2.24, 2.45) is 0 Å². The first kappa shape index (κ1) is 15.1. The molecule has 0 bridgehead atoms. The van der Waals surface area contributed by atoms with Crippen molar-refractivity contribution in [1.29, 1.82) is 0 Å². The van der Waals surface area contributed by atoms with Gasteiger partial charge < -0.3 is 10.1 Å². The Kier molecular flexibility index (Phi) is 4.99. The Labute approximate surface area is 123 Å². The van der Waals surface area contributed by atoms with Gasteiger partial charge in [-0.2, -0.15) is 4.68 Å². The number of rotatable bonds is 6. The highest BCUT2D eigenvalue weighted by molar-refractivity contribution is 5.75. The summed E-state index contributed by atoms with van der Waals surface area (Å²) in [5.74, 6) is 1.93. The van der Waals surface area contributed by atoms with Crippen LogP contribution in [0.2, 0.25) is 0 Å². The van der Waals surface area contributed by atoms with Crippen LogP contribution in [0.4, 0.5) is 0 Å². The van der Waals surface area contributed by atoms with Crippen molar-refractivity contribution in [3.8, 4) is 5.82 Å². The number of carbonyl (C=O) groups is 1. The second-order valence-electron chi connectivity index (χ2n) is 4.60. The molecule has 0 fully saturated rings. The van der Waals surface area contributed by atoms with Crippen LogP contribution in [0.3, 0.4) is 0 Å². The molecule has 0 saturated carbocycles. The Morgan fingerprint density at radius 2 is 2.19 bits per heavy atom. The summed E-state index contributed by atoms with van der Waals surface area (Å²) in [5, 5.41) is 7.00. The molecular formula is C14H19N5O2. The molecule has 1 N–H and O–H groups in total.